The molecule has 0 bridgehead atoms. The topological polar surface area (TPSA) is 74.7 Å². The number of nitrogens with zero attached hydrogens (tertiary/aromatic N) is 4. The number of nitroso groups, excluding NO2 is 1. The molecule has 8 nitrogen and oxygen atoms in total. The van der Waals surface area contributed by atoms with Crippen LogP contribution in [0, 0.1) is 4.91 Å². The fourth-order valence-electron chi connectivity index (χ4n) is 2.14. The van der Waals surface area contributed by atoms with E-state index in [9.17, 15) is 9.47 Å². The van der Waals surface area contributed by atoms with Crippen LogP contribution in [0.4, 0.5) is 0 Å². The van der Waals surface area contributed by atoms with Crippen LogP contribution < -0.4 is 0 Å². The van der Waals surface area contributed by atoms with E-state index in [2.05, 4.69) is 5.29 Å². The van der Waals surface area contributed by atoms with Gasteiger partial charge in [-0.25, -0.2) is 4.67 Å². The van der Waals surface area contributed by atoms with E-state index in [0.29, 0.717) is 45.9 Å². The summed E-state index contributed by atoms with van der Waals surface area (Å²) in [5.41, 5.74) is 0. The zero-order chi connectivity index (χ0) is 13.7. The Balaban J connectivity index is 2.17. The Bertz CT molecular complexity index is 355. The summed E-state index contributed by atoms with van der Waals surface area (Å²) in [6.45, 7) is 3.14. The van der Waals surface area contributed by atoms with Gasteiger partial charge in [0.25, 0.3) is 0 Å². The number of ether oxygens (including phenoxy) is 1. The highest BCUT2D eigenvalue weighted by molar-refractivity contribution is 7.53. The number of rotatable bonds is 5. The number of halogens is 1. The normalized spacial score (nSPS) is 30.2. The van der Waals surface area contributed by atoms with Crippen LogP contribution in [0.15, 0.2) is 5.29 Å². The van der Waals surface area contributed by atoms with Crippen LogP contribution in [0.1, 0.15) is 6.42 Å². The molecule has 2 fully saturated rings. The second-order valence-corrected chi connectivity index (χ2v) is 6.85. The monoisotopic (exact) mass is 312 g/mol. The summed E-state index contributed by atoms with van der Waals surface area (Å²) in [6.07, 6.45) is 0.697. The molecule has 0 aromatic carbocycles. The Morgan fingerprint density at radius 2 is 2.00 bits per heavy atom. The van der Waals surface area contributed by atoms with E-state index in [1.807, 2.05) is 0 Å². The van der Waals surface area contributed by atoms with Gasteiger partial charge in [0.05, 0.1) is 31.7 Å². The first-order chi connectivity index (χ1) is 9.22. The van der Waals surface area contributed by atoms with Crippen LogP contribution in [0.25, 0.3) is 0 Å². The fourth-order valence-corrected chi connectivity index (χ4v) is 4.69. The van der Waals surface area contributed by atoms with Gasteiger partial charge in [0.1, 0.15) is 0 Å². The Labute approximate surface area is 117 Å². The molecule has 2 rings (SSSR count). The van der Waals surface area contributed by atoms with Gasteiger partial charge in [-0.1, -0.05) is 0 Å². The summed E-state index contributed by atoms with van der Waals surface area (Å²) < 4.78 is 27.0. The molecule has 0 spiro atoms. The molecule has 2 aliphatic rings. The van der Waals surface area contributed by atoms with Crippen LogP contribution in [-0.4, -0.2) is 66.4 Å². The first-order valence-corrected chi connectivity index (χ1v) is 8.31. The van der Waals surface area contributed by atoms with Gasteiger partial charge in [-0.2, -0.15) is 5.12 Å². The van der Waals surface area contributed by atoms with Gasteiger partial charge in [0.15, 0.2) is 0 Å². The van der Waals surface area contributed by atoms with Crippen molar-refractivity contribution < 1.29 is 13.8 Å². The Morgan fingerprint density at radius 1 is 1.26 bits per heavy atom. The first kappa shape index (κ1) is 15.2. The number of hydrazine groups is 1. The Hall–Kier alpha value is -0.240. The lowest BCUT2D eigenvalue weighted by Gasteiger charge is -2.44. The van der Waals surface area contributed by atoms with Crippen LogP contribution in [0.2, 0.25) is 0 Å². The summed E-state index contributed by atoms with van der Waals surface area (Å²) in [7, 11) is -3.24. The third-order valence-electron chi connectivity index (χ3n) is 3.04. The van der Waals surface area contributed by atoms with Crippen molar-refractivity contribution in [1.82, 2.24) is 14.6 Å². The van der Waals surface area contributed by atoms with Crippen LogP contribution >= 0.6 is 19.3 Å². The Morgan fingerprint density at radius 3 is 2.63 bits per heavy atom. The third-order valence-corrected chi connectivity index (χ3v) is 5.84. The van der Waals surface area contributed by atoms with E-state index in [4.69, 9.17) is 20.9 Å². The van der Waals surface area contributed by atoms with Crippen molar-refractivity contribution in [3.8, 4) is 0 Å². The van der Waals surface area contributed by atoms with E-state index in [-0.39, 0.29) is 12.4 Å². The molecule has 1 atom stereocenters. The van der Waals surface area contributed by atoms with Gasteiger partial charge < -0.3 is 9.26 Å². The fraction of sp³-hybridized carbons (Fsp3) is 1.00. The average molecular weight is 313 g/mol. The number of hydrogen-bond donors (Lipinski definition) is 0. The van der Waals surface area contributed by atoms with Gasteiger partial charge >= 0.3 is 7.67 Å². The van der Waals surface area contributed by atoms with Gasteiger partial charge in [0.2, 0.25) is 0 Å². The summed E-state index contributed by atoms with van der Waals surface area (Å²) in [4.78, 5) is 10.9. The molecule has 2 heterocycles. The van der Waals surface area contributed by atoms with Crippen molar-refractivity contribution in [2.45, 2.75) is 6.42 Å². The van der Waals surface area contributed by atoms with Crippen molar-refractivity contribution in [2.75, 3.05) is 51.9 Å². The lowest BCUT2D eigenvalue weighted by atomic mass is 10.5. The molecule has 1 unspecified atom stereocenters. The molecule has 10 heteroatoms. The molecule has 0 aromatic rings. The molecule has 110 valence electrons. The maximum absolute atomic E-state index is 13.1. The van der Waals surface area contributed by atoms with E-state index in [0.717, 1.165) is 5.12 Å². The van der Waals surface area contributed by atoms with Gasteiger partial charge in [-0.3, -0.25) is 4.57 Å². The van der Waals surface area contributed by atoms with E-state index >= 15 is 0 Å². The first-order valence-electron chi connectivity index (χ1n) is 6.25. The standard InChI is InChI=1S/C9H18ClN4O4P/c10-2-4-13(11-15)14-3-1-7-18-19(14,16)12-5-8-17-9-6-12/h1-9H2. The van der Waals surface area contributed by atoms with Crippen molar-refractivity contribution in [3.63, 3.8) is 0 Å². The summed E-state index contributed by atoms with van der Waals surface area (Å²) in [6, 6.07) is 0. The quantitative estimate of drug-likeness (QED) is 0.328. The molecule has 0 radical (unpaired) electrons. The highest BCUT2D eigenvalue weighted by Crippen LogP contribution is 2.57. The smallest absolute Gasteiger partial charge is 0.365 e. The Kier molecular flexibility index (Phi) is 5.56. The summed E-state index contributed by atoms with van der Waals surface area (Å²) in [5, 5.41) is 4.02. The summed E-state index contributed by atoms with van der Waals surface area (Å²) in [5.74, 6) is 0.228. The minimum atomic E-state index is -3.24. The van der Waals surface area contributed by atoms with Crippen molar-refractivity contribution in [1.29, 1.82) is 0 Å². The SMILES string of the molecule is O=NN(CCCl)N1CCCOP1(=O)N1CCOCC1. The van der Waals surface area contributed by atoms with Gasteiger partial charge in [0, 0.05) is 25.5 Å². The molecule has 0 aliphatic carbocycles. The molecule has 0 aromatic heterocycles. The minimum Gasteiger partial charge on any atom is -0.379 e. The second kappa shape index (κ2) is 6.97. The highest BCUT2D eigenvalue weighted by atomic mass is 35.5. The van der Waals surface area contributed by atoms with E-state index in [1.54, 1.807) is 4.67 Å². The zero-order valence-electron chi connectivity index (χ0n) is 10.6. The summed E-state index contributed by atoms with van der Waals surface area (Å²) >= 11 is 5.64. The van der Waals surface area contributed by atoms with E-state index < -0.39 is 7.67 Å². The lowest BCUT2D eigenvalue weighted by Crippen LogP contribution is -2.48. The predicted octanol–water partition coefficient (Wildman–Crippen LogP) is 1.29. The average Bonchev–Trinajstić information content (AvgIpc) is 2.47. The maximum Gasteiger partial charge on any atom is 0.365 e. The van der Waals surface area contributed by atoms with Crippen LogP contribution in [0.5, 0.6) is 0 Å². The zero-order valence-corrected chi connectivity index (χ0v) is 12.3. The molecular formula is C9H18ClN4O4P. The van der Waals surface area contributed by atoms with E-state index in [1.165, 1.54) is 4.78 Å². The highest BCUT2D eigenvalue weighted by Gasteiger charge is 2.45. The van der Waals surface area contributed by atoms with Crippen LogP contribution in [0.3, 0.4) is 0 Å². The maximum atomic E-state index is 13.1. The molecule has 0 N–H and O–H groups in total. The minimum absolute atomic E-state index is 0.211. The molecule has 19 heavy (non-hydrogen) atoms. The lowest BCUT2D eigenvalue weighted by molar-refractivity contribution is -0.00623. The molecular weight excluding hydrogens is 295 g/mol. The second-order valence-electron chi connectivity index (χ2n) is 4.21. The van der Waals surface area contributed by atoms with Crippen molar-refractivity contribution >= 4 is 19.3 Å². The number of alkyl halides is 1. The molecule has 0 amide bonds. The number of morpholine rings is 1. The third kappa shape index (κ3) is 3.26. The van der Waals surface area contributed by atoms with Gasteiger partial charge in [-0.05, 0) is 6.42 Å². The number of hydrogen-bond acceptors (Lipinski definition) is 5. The molecule has 0 saturated carbocycles. The predicted molar refractivity (Wildman–Crippen MR) is 70.5 cm³/mol. The van der Waals surface area contributed by atoms with Crippen molar-refractivity contribution in [3.05, 3.63) is 4.91 Å². The van der Waals surface area contributed by atoms with Gasteiger partial charge in [-0.15, -0.1) is 21.3 Å². The molecule has 2 aliphatic heterocycles. The largest absolute Gasteiger partial charge is 0.379 e. The van der Waals surface area contributed by atoms with Crippen molar-refractivity contribution in [2.24, 2.45) is 5.29 Å². The molecule has 2 saturated heterocycles. The van der Waals surface area contributed by atoms with Crippen LogP contribution in [-0.2, 0) is 13.8 Å².